The average Bonchev–Trinajstić information content (AvgIpc) is 3.42. The number of benzene rings is 2. The zero-order valence-electron chi connectivity index (χ0n) is 15.2. The molecule has 2 aromatic rings. The van der Waals surface area contributed by atoms with Crippen molar-refractivity contribution in [2.75, 3.05) is 21.3 Å². The highest BCUT2D eigenvalue weighted by Gasteiger charge is 2.56. The number of rotatable bonds is 7. The summed E-state index contributed by atoms with van der Waals surface area (Å²) in [7, 11) is 5.01. The molecule has 1 fully saturated rings. The molecule has 5 nitrogen and oxygen atoms in total. The Bertz CT molecular complexity index is 770. The molecule has 26 heavy (non-hydrogen) atoms. The standard InChI is InChI=1S/C21H23NO4/c1-22(12-14-4-8-16(25-2)9-5-14)21(24)20-18(13-23)19(20)15-6-10-17(26-3)11-7-15/h4-11,13,18-20H,12H2,1-3H3/t18?,19-,20?/m0/s1. The maximum absolute atomic E-state index is 12.8. The molecule has 0 saturated heterocycles. The molecule has 136 valence electrons. The Labute approximate surface area is 153 Å². The van der Waals surface area contributed by atoms with Crippen LogP contribution >= 0.6 is 0 Å². The minimum atomic E-state index is -0.288. The Morgan fingerprint density at radius 1 is 1.00 bits per heavy atom. The first-order valence-electron chi connectivity index (χ1n) is 8.56. The Hall–Kier alpha value is -2.82. The Morgan fingerprint density at radius 2 is 1.54 bits per heavy atom. The molecule has 3 atom stereocenters. The molecule has 2 aromatic carbocycles. The second-order valence-corrected chi connectivity index (χ2v) is 6.58. The summed E-state index contributed by atoms with van der Waals surface area (Å²) < 4.78 is 10.3. The molecule has 3 rings (SSSR count). The smallest absolute Gasteiger partial charge is 0.227 e. The van der Waals surface area contributed by atoms with E-state index in [0.717, 1.165) is 28.9 Å². The van der Waals surface area contributed by atoms with Gasteiger partial charge in [-0.05, 0) is 35.4 Å². The lowest BCUT2D eigenvalue weighted by Gasteiger charge is -2.18. The first-order valence-corrected chi connectivity index (χ1v) is 8.56. The second kappa shape index (κ2) is 7.60. The summed E-state index contributed by atoms with van der Waals surface area (Å²) in [5.74, 6) is 0.948. The van der Waals surface area contributed by atoms with Gasteiger partial charge in [-0.15, -0.1) is 0 Å². The van der Waals surface area contributed by atoms with Gasteiger partial charge in [0.1, 0.15) is 17.8 Å². The molecule has 0 aromatic heterocycles. The number of amides is 1. The quantitative estimate of drug-likeness (QED) is 0.718. The molecule has 0 N–H and O–H groups in total. The number of aldehydes is 1. The van der Waals surface area contributed by atoms with E-state index in [1.165, 1.54) is 0 Å². The van der Waals surface area contributed by atoms with E-state index in [2.05, 4.69) is 0 Å². The summed E-state index contributed by atoms with van der Waals surface area (Å²) in [6, 6.07) is 15.2. The van der Waals surface area contributed by atoms with E-state index in [1.54, 1.807) is 26.2 Å². The van der Waals surface area contributed by atoms with Crippen molar-refractivity contribution in [3.05, 3.63) is 59.7 Å². The molecule has 0 aliphatic heterocycles. The van der Waals surface area contributed by atoms with Crippen LogP contribution in [0.4, 0.5) is 0 Å². The van der Waals surface area contributed by atoms with Crippen molar-refractivity contribution in [1.29, 1.82) is 0 Å². The van der Waals surface area contributed by atoms with E-state index in [0.29, 0.717) is 6.54 Å². The maximum atomic E-state index is 12.8. The average molecular weight is 353 g/mol. The molecule has 5 heteroatoms. The predicted molar refractivity (Wildman–Crippen MR) is 98.2 cm³/mol. The largest absolute Gasteiger partial charge is 0.497 e. The van der Waals surface area contributed by atoms with Gasteiger partial charge >= 0.3 is 0 Å². The number of ether oxygens (including phenoxy) is 2. The van der Waals surface area contributed by atoms with Crippen LogP contribution in [0.2, 0.25) is 0 Å². The Balaban J connectivity index is 1.68. The highest BCUT2D eigenvalue weighted by atomic mass is 16.5. The van der Waals surface area contributed by atoms with Gasteiger partial charge in [0.2, 0.25) is 5.91 Å². The first kappa shape index (κ1) is 18.0. The monoisotopic (exact) mass is 353 g/mol. The molecule has 1 amide bonds. The molecule has 0 heterocycles. The van der Waals surface area contributed by atoms with Crippen molar-refractivity contribution < 1.29 is 19.1 Å². The predicted octanol–water partition coefficient (Wildman–Crippen LogP) is 2.89. The number of methoxy groups -OCH3 is 2. The lowest BCUT2D eigenvalue weighted by Crippen LogP contribution is -2.28. The molecule has 1 aliphatic carbocycles. The molecular formula is C21H23NO4. The summed E-state index contributed by atoms with van der Waals surface area (Å²) in [5.41, 5.74) is 2.02. The van der Waals surface area contributed by atoms with Crippen molar-refractivity contribution in [3.8, 4) is 11.5 Å². The normalized spacial score (nSPS) is 21.0. The third kappa shape index (κ3) is 3.57. The van der Waals surface area contributed by atoms with Crippen LogP contribution in [-0.4, -0.2) is 38.4 Å². The van der Waals surface area contributed by atoms with Gasteiger partial charge < -0.3 is 19.2 Å². The highest BCUT2D eigenvalue weighted by molar-refractivity contribution is 5.88. The van der Waals surface area contributed by atoms with Gasteiger partial charge in [0.25, 0.3) is 0 Å². The molecule has 1 saturated carbocycles. The molecule has 0 radical (unpaired) electrons. The minimum absolute atomic E-state index is 0.00117. The van der Waals surface area contributed by atoms with Crippen LogP contribution in [0.3, 0.4) is 0 Å². The van der Waals surface area contributed by atoms with Gasteiger partial charge in [-0.2, -0.15) is 0 Å². The summed E-state index contributed by atoms with van der Waals surface area (Å²) in [6.07, 6.45) is 0.901. The van der Waals surface area contributed by atoms with Gasteiger partial charge in [-0.1, -0.05) is 24.3 Å². The summed E-state index contributed by atoms with van der Waals surface area (Å²) in [4.78, 5) is 25.9. The van der Waals surface area contributed by atoms with Gasteiger partial charge in [0.15, 0.2) is 0 Å². The topological polar surface area (TPSA) is 55.8 Å². The van der Waals surface area contributed by atoms with E-state index < -0.39 is 0 Å². The van der Waals surface area contributed by atoms with E-state index >= 15 is 0 Å². The van der Waals surface area contributed by atoms with Gasteiger partial charge in [-0.3, -0.25) is 4.79 Å². The van der Waals surface area contributed by atoms with Crippen LogP contribution in [0, 0.1) is 11.8 Å². The third-order valence-electron chi connectivity index (χ3n) is 4.97. The van der Waals surface area contributed by atoms with Crippen LogP contribution in [0.5, 0.6) is 11.5 Å². The second-order valence-electron chi connectivity index (χ2n) is 6.58. The van der Waals surface area contributed by atoms with Gasteiger partial charge in [0, 0.05) is 25.4 Å². The van der Waals surface area contributed by atoms with Crippen LogP contribution in [0.25, 0.3) is 0 Å². The van der Waals surface area contributed by atoms with E-state index in [-0.39, 0.29) is 23.7 Å². The van der Waals surface area contributed by atoms with Crippen molar-refractivity contribution in [3.63, 3.8) is 0 Å². The zero-order valence-corrected chi connectivity index (χ0v) is 15.2. The molecule has 0 bridgehead atoms. The van der Waals surface area contributed by atoms with Crippen LogP contribution in [0.1, 0.15) is 17.0 Å². The third-order valence-corrected chi connectivity index (χ3v) is 4.97. The maximum Gasteiger partial charge on any atom is 0.227 e. The van der Waals surface area contributed by atoms with Crippen molar-refractivity contribution in [2.24, 2.45) is 11.8 Å². The summed E-state index contributed by atoms with van der Waals surface area (Å²) in [6.45, 7) is 0.500. The summed E-state index contributed by atoms with van der Waals surface area (Å²) >= 11 is 0. The fraction of sp³-hybridized carbons (Fsp3) is 0.333. The van der Waals surface area contributed by atoms with E-state index in [1.807, 2.05) is 48.5 Å². The molecule has 0 spiro atoms. The molecule has 1 aliphatic rings. The lowest BCUT2D eigenvalue weighted by atomic mass is 10.1. The fourth-order valence-corrected chi connectivity index (χ4v) is 3.41. The van der Waals surface area contributed by atoms with Gasteiger partial charge in [0.05, 0.1) is 20.1 Å². The minimum Gasteiger partial charge on any atom is -0.497 e. The highest BCUT2D eigenvalue weighted by Crippen LogP contribution is 2.53. The van der Waals surface area contributed by atoms with Crippen molar-refractivity contribution >= 4 is 12.2 Å². The number of hydrogen-bond donors (Lipinski definition) is 0. The molecule has 2 unspecified atom stereocenters. The number of carbonyl (C=O) groups excluding carboxylic acids is 2. The number of carbonyl (C=O) groups is 2. The van der Waals surface area contributed by atoms with Crippen LogP contribution < -0.4 is 9.47 Å². The fourth-order valence-electron chi connectivity index (χ4n) is 3.41. The number of nitrogens with zero attached hydrogens (tertiary/aromatic N) is 1. The summed E-state index contributed by atoms with van der Waals surface area (Å²) in [5, 5.41) is 0. The Kier molecular flexibility index (Phi) is 5.26. The zero-order chi connectivity index (χ0) is 18.7. The van der Waals surface area contributed by atoms with Gasteiger partial charge in [-0.25, -0.2) is 0 Å². The van der Waals surface area contributed by atoms with E-state index in [4.69, 9.17) is 9.47 Å². The van der Waals surface area contributed by atoms with Crippen molar-refractivity contribution in [2.45, 2.75) is 12.5 Å². The SMILES string of the molecule is COc1ccc(CN(C)C(=O)C2C(C=O)[C@@H]2c2ccc(OC)cc2)cc1. The van der Waals surface area contributed by atoms with Crippen molar-refractivity contribution in [1.82, 2.24) is 4.90 Å². The van der Waals surface area contributed by atoms with Crippen LogP contribution in [-0.2, 0) is 16.1 Å². The number of hydrogen-bond acceptors (Lipinski definition) is 4. The first-order chi connectivity index (χ1) is 12.6. The van der Waals surface area contributed by atoms with Crippen LogP contribution in [0.15, 0.2) is 48.5 Å². The van der Waals surface area contributed by atoms with E-state index in [9.17, 15) is 9.59 Å². The lowest BCUT2D eigenvalue weighted by molar-refractivity contribution is -0.132. The Morgan fingerprint density at radius 3 is 2.04 bits per heavy atom. The molecular weight excluding hydrogens is 330 g/mol.